The quantitative estimate of drug-likeness (QED) is 0.624. The topological polar surface area (TPSA) is 32.3 Å². The Balaban J connectivity index is 1.78. The fourth-order valence-electron chi connectivity index (χ4n) is 1.86. The molecule has 2 fully saturated rings. The Kier molecular flexibility index (Phi) is 2.14. The zero-order chi connectivity index (χ0) is 7.68. The van der Waals surface area contributed by atoms with Crippen molar-refractivity contribution >= 4 is 0 Å². The third kappa shape index (κ3) is 1.94. The molecule has 0 aromatic heterocycles. The first-order valence-corrected chi connectivity index (χ1v) is 4.80. The van der Waals surface area contributed by atoms with Crippen molar-refractivity contribution in [2.75, 3.05) is 0 Å². The van der Waals surface area contributed by atoms with E-state index in [1.807, 2.05) is 0 Å². The minimum Gasteiger partial charge on any atom is -0.392 e. The Morgan fingerprint density at radius 1 is 1.00 bits per heavy atom. The van der Waals surface area contributed by atoms with Gasteiger partial charge in [0.15, 0.2) is 0 Å². The number of rotatable bonds is 2. The fourth-order valence-corrected chi connectivity index (χ4v) is 1.86. The summed E-state index contributed by atoms with van der Waals surface area (Å²) in [5, 5.41) is 13.1. The molecule has 2 N–H and O–H groups in total. The normalized spacial score (nSPS) is 39.0. The monoisotopic (exact) mass is 155 g/mol. The van der Waals surface area contributed by atoms with E-state index in [0.717, 1.165) is 12.5 Å². The summed E-state index contributed by atoms with van der Waals surface area (Å²) in [6.45, 7) is 0. The smallest absolute Gasteiger partial charge is 0.0693 e. The van der Waals surface area contributed by atoms with Crippen LogP contribution in [-0.2, 0) is 0 Å². The SMILES string of the molecule is O[C@@H]1CCCC[C@H]1NC1CC1. The van der Waals surface area contributed by atoms with Gasteiger partial charge in [0.2, 0.25) is 0 Å². The van der Waals surface area contributed by atoms with Gasteiger partial charge in [-0.25, -0.2) is 0 Å². The van der Waals surface area contributed by atoms with E-state index in [4.69, 9.17) is 0 Å². The lowest BCUT2D eigenvalue weighted by Gasteiger charge is -2.28. The predicted octanol–water partition coefficient (Wildman–Crippen LogP) is 1.04. The zero-order valence-corrected chi connectivity index (χ0v) is 6.92. The zero-order valence-electron chi connectivity index (χ0n) is 6.92. The van der Waals surface area contributed by atoms with Crippen LogP contribution in [-0.4, -0.2) is 23.3 Å². The lowest BCUT2D eigenvalue weighted by atomic mass is 9.92. The number of hydrogen-bond acceptors (Lipinski definition) is 2. The van der Waals surface area contributed by atoms with Gasteiger partial charge in [0.05, 0.1) is 6.10 Å². The van der Waals surface area contributed by atoms with Crippen molar-refractivity contribution in [2.24, 2.45) is 0 Å². The van der Waals surface area contributed by atoms with Crippen LogP contribution < -0.4 is 5.32 Å². The second kappa shape index (κ2) is 3.11. The first-order chi connectivity index (χ1) is 5.36. The molecule has 2 rings (SSSR count). The van der Waals surface area contributed by atoms with Gasteiger partial charge < -0.3 is 10.4 Å². The molecule has 64 valence electrons. The number of aliphatic hydroxyl groups is 1. The molecule has 0 unspecified atom stereocenters. The second-order valence-corrected chi connectivity index (χ2v) is 3.90. The lowest BCUT2D eigenvalue weighted by molar-refractivity contribution is 0.0901. The molecule has 2 aliphatic carbocycles. The van der Waals surface area contributed by atoms with Crippen LogP contribution in [0.2, 0.25) is 0 Å². The maximum absolute atomic E-state index is 9.58. The molecule has 11 heavy (non-hydrogen) atoms. The predicted molar refractivity (Wildman–Crippen MR) is 44.4 cm³/mol. The molecule has 0 aromatic rings. The number of nitrogens with one attached hydrogen (secondary N) is 1. The summed E-state index contributed by atoms with van der Waals surface area (Å²) in [7, 11) is 0. The van der Waals surface area contributed by atoms with E-state index < -0.39 is 0 Å². The molecule has 0 bridgehead atoms. The largest absolute Gasteiger partial charge is 0.392 e. The highest BCUT2D eigenvalue weighted by molar-refractivity contribution is 4.89. The second-order valence-electron chi connectivity index (χ2n) is 3.90. The number of aliphatic hydroxyl groups excluding tert-OH is 1. The van der Waals surface area contributed by atoms with Gasteiger partial charge in [0.1, 0.15) is 0 Å². The maximum Gasteiger partial charge on any atom is 0.0693 e. The van der Waals surface area contributed by atoms with E-state index in [9.17, 15) is 5.11 Å². The summed E-state index contributed by atoms with van der Waals surface area (Å²) in [6, 6.07) is 1.16. The molecular weight excluding hydrogens is 138 g/mol. The van der Waals surface area contributed by atoms with Crippen LogP contribution in [0.3, 0.4) is 0 Å². The molecule has 0 heterocycles. The number of hydrogen-bond donors (Lipinski definition) is 2. The Bertz CT molecular complexity index is 134. The highest BCUT2D eigenvalue weighted by atomic mass is 16.3. The molecule has 0 saturated heterocycles. The van der Waals surface area contributed by atoms with E-state index in [0.29, 0.717) is 6.04 Å². The Hall–Kier alpha value is -0.0800. The first kappa shape index (κ1) is 7.56. The van der Waals surface area contributed by atoms with Crippen molar-refractivity contribution in [3.8, 4) is 0 Å². The first-order valence-electron chi connectivity index (χ1n) is 4.80. The van der Waals surface area contributed by atoms with Crippen molar-refractivity contribution in [3.63, 3.8) is 0 Å². The van der Waals surface area contributed by atoms with Crippen molar-refractivity contribution in [1.29, 1.82) is 0 Å². The van der Waals surface area contributed by atoms with E-state index in [-0.39, 0.29) is 6.10 Å². The van der Waals surface area contributed by atoms with Crippen molar-refractivity contribution in [3.05, 3.63) is 0 Å². The van der Waals surface area contributed by atoms with Crippen LogP contribution in [0.5, 0.6) is 0 Å². The third-order valence-corrected chi connectivity index (χ3v) is 2.76. The molecule has 0 radical (unpaired) electrons. The van der Waals surface area contributed by atoms with Gasteiger partial charge in [-0.3, -0.25) is 0 Å². The summed E-state index contributed by atoms with van der Waals surface area (Å²) in [5.74, 6) is 0. The molecule has 2 saturated carbocycles. The minimum absolute atomic E-state index is 0.0654. The van der Waals surface area contributed by atoms with E-state index in [1.165, 1.54) is 32.1 Å². The van der Waals surface area contributed by atoms with Gasteiger partial charge in [-0.05, 0) is 25.7 Å². The van der Waals surface area contributed by atoms with Crippen molar-refractivity contribution in [2.45, 2.75) is 56.7 Å². The van der Waals surface area contributed by atoms with Crippen LogP contribution in [0.4, 0.5) is 0 Å². The Morgan fingerprint density at radius 3 is 2.36 bits per heavy atom. The maximum atomic E-state index is 9.58. The molecule has 0 spiro atoms. The average molecular weight is 155 g/mol. The lowest BCUT2D eigenvalue weighted by Crippen LogP contribution is -2.43. The standard InChI is InChI=1S/C9H17NO/c11-9-4-2-1-3-8(9)10-7-5-6-7/h7-11H,1-6H2/t8-,9-/m1/s1. The van der Waals surface area contributed by atoms with Gasteiger partial charge in [0, 0.05) is 12.1 Å². The van der Waals surface area contributed by atoms with Gasteiger partial charge in [-0.1, -0.05) is 12.8 Å². The van der Waals surface area contributed by atoms with Crippen molar-refractivity contribution < 1.29 is 5.11 Å². The molecule has 2 nitrogen and oxygen atoms in total. The van der Waals surface area contributed by atoms with E-state index >= 15 is 0 Å². The minimum atomic E-state index is -0.0654. The van der Waals surface area contributed by atoms with Gasteiger partial charge in [0.25, 0.3) is 0 Å². The van der Waals surface area contributed by atoms with E-state index in [1.54, 1.807) is 0 Å². The Labute approximate surface area is 68.0 Å². The summed E-state index contributed by atoms with van der Waals surface area (Å²) in [5.41, 5.74) is 0. The van der Waals surface area contributed by atoms with Crippen LogP contribution in [0.15, 0.2) is 0 Å². The molecule has 2 aliphatic rings. The molecule has 0 amide bonds. The van der Waals surface area contributed by atoms with Crippen molar-refractivity contribution in [1.82, 2.24) is 5.32 Å². The van der Waals surface area contributed by atoms with Crippen LogP contribution >= 0.6 is 0 Å². The molecule has 0 aliphatic heterocycles. The fraction of sp³-hybridized carbons (Fsp3) is 1.00. The molecule has 2 atom stereocenters. The van der Waals surface area contributed by atoms with Crippen LogP contribution in [0, 0.1) is 0 Å². The Morgan fingerprint density at radius 2 is 1.73 bits per heavy atom. The summed E-state index contributed by atoms with van der Waals surface area (Å²) >= 11 is 0. The van der Waals surface area contributed by atoms with E-state index in [2.05, 4.69) is 5.32 Å². The summed E-state index contributed by atoms with van der Waals surface area (Å²) < 4.78 is 0. The van der Waals surface area contributed by atoms with Crippen LogP contribution in [0.25, 0.3) is 0 Å². The summed E-state index contributed by atoms with van der Waals surface area (Å²) in [4.78, 5) is 0. The van der Waals surface area contributed by atoms with Gasteiger partial charge in [-0.2, -0.15) is 0 Å². The average Bonchev–Trinajstić information content (AvgIpc) is 2.78. The summed E-state index contributed by atoms with van der Waals surface area (Å²) in [6.07, 6.45) is 7.27. The third-order valence-electron chi connectivity index (χ3n) is 2.76. The molecular formula is C9H17NO. The molecule has 0 aromatic carbocycles. The molecule has 2 heteroatoms. The highest BCUT2D eigenvalue weighted by Gasteiger charge is 2.29. The highest BCUT2D eigenvalue weighted by Crippen LogP contribution is 2.24. The van der Waals surface area contributed by atoms with Gasteiger partial charge >= 0.3 is 0 Å². The van der Waals surface area contributed by atoms with Gasteiger partial charge in [-0.15, -0.1) is 0 Å². The van der Waals surface area contributed by atoms with Crippen LogP contribution in [0.1, 0.15) is 38.5 Å².